The molecule has 1 heterocycles. The number of aryl methyl sites for hydroxylation is 1. The van der Waals surface area contributed by atoms with Crippen molar-refractivity contribution in [2.24, 2.45) is 0 Å². The van der Waals surface area contributed by atoms with Crippen molar-refractivity contribution < 1.29 is 17.9 Å². The number of ether oxygens (including phenoxy) is 1. The molecule has 0 saturated heterocycles. The van der Waals surface area contributed by atoms with Crippen molar-refractivity contribution in [1.82, 2.24) is 15.0 Å². The molecule has 0 radical (unpaired) electrons. The maximum Gasteiger partial charge on any atom is 0.573 e. The summed E-state index contributed by atoms with van der Waals surface area (Å²) in [6.45, 7) is 1.97. The van der Waals surface area contributed by atoms with E-state index in [1.165, 1.54) is 24.3 Å². The fraction of sp³-hybridized carbons (Fsp3) is 0.176. The highest BCUT2D eigenvalue weighted by atomic mass is 35.5. The summed E-state index contributed by atoms with van der Waals surface area (Å²) in [6.07, 6.45) is -4.73. The van der Waals surface area contributed by atoms with E-state index in [2.05, 4.69) is 15.0 Å². The van der Waals surface area contributed by atoms with E-state index in [1.807, 2.05) is 31.2 Å². The Balaban J connectivity index is 2.00. The molecule has 0 aliphatic carbocycles. The Morgan fingerprint density at radius 2 is 1.68 bits per heavy atom. The fourth-order valence-electron chi connectivity index (χ4n) is 2.37. The van der Waals surface area contributed by atoms with E-state index in [0.29, 0.717) is 17.1 Å². The van der Waals surface area contributed by atoms with Crippen LogP contribution in [0.5, 0.6) is 5.75 Å². The number of alkyl halides is 4. The Bertz CT molecular complexity index is 858. The smallest absolute Gasteiger partial charge is 0.406 e. The van der Waals surface area contributed by atoms with Gasteiger partial charge in [0.15, 0.2) is 0 Å². The number of hydrogen-bond acceptors (Lipinski definition) is 3. The normalized spacial score (nSPS) is 11.6. The standard InChI is InChI=1S/C17H13ClF3N3O/c1-11-2-4-12(5-3-11)16-15(10-18)22-23-24(16)13-6-8-14(9-7-13)25-17(19,20)21/h2-9H,10H2,1H3. The van der Waals surface area contributed by atoms with Gasteiger partial charge in [-0.15, -0.1) is 29.9 Å². The highest BCUT2D eigenvalue weighted by molar-refractivity contribution is 6.17. The number of halogens is 4. The molecule has 0 N–H and O–H groups in total. The minimum Gasteiger partial charge on any atom is -0.406 e. The van der Waals surface area contributed by atoms with Gasteiger partial charge in [0.05, 0.1) is 17.3 Å². The predicted molar refractivity (Wildman–Crippen MR) is 87.8 cm³/mol. The molecule has 0 amide bonds. The van der Waals surface area contributed by atoms with Crippen LogP contribution in [0.4, 0.5) is 13.2 Å². The topological polar surface area (TPSA) is 39.9 Å². The highest BCUT2D eigenvalue weighted by Crippen LogP contribution is 2.28. The lowest BCUT2D eigenvalue weighted by molar-refractivity contribution is -0.274. The van der Waals surface area contributed by atoms with Gasteiger partial charge in [0.1, 0.15) is 11.4 Å². The zero-order valence-corrected chi connectivity index (χ0v) is 13.8. The van der Waals surface area contributed by atoms with Crippen LogP contribution in [-0.4, -0.2) is 21.4 Å². The summed E-state index contributed by atoms with van der Waals surface area (Å²) in [6, 6.07) is 13.1. The number of rotatable bonds is 4. The van der Waals surface area contributed by atoms with E-state index in [1.54, 1.807) is 4.68 Å². The molecule has 0 unspecified atom stereocenters. The average Bonchev–Trinajstić information content (AvgIpc) is 2.99. The lowest BCUT2D eigenvalue weighted by Crippen LogP contribution is -2.17. The number of nitrogens with zero attached hydrogens (tertiary/aromatic N) is 3. The molecule has 0 bridgehead atoms. The largest absolute Gasteiger partial charge is 0.573 e. The SMILES string of the molecule is Cc1ccc(-c2c(CCl)nnn2-c2ccc(OC(F)(F)F)cc2)cc1. The van der Waals surface area contributed by atoms with Gasteiger partial charge in [-0.05, 0) is 31.2 Å². The minimum absolute atomic E-state index is 0.165. The summed E-state index contributed by atoms with van der Waals surface area (Å²) >= 11 is 5.95. The number of hydrogen-bond donors (Lipinski definition) is 0. The van der Waals surface area contributed by atoms with Crippen molar-refractivity contribution in [2.75, 3.05) is 0 Å². The van der Waals surface area contributed by atoms with Gasteiger partial charge in [-0.25, -0.2) is 4.68 Å². The second-order valence-electron chi connectivity index (χ2n) is 5.34. The first-order chi connectivity index (χ1) is 11.9. The van der Waals surface area contributed by atoms with Crippen molar-refractivity contribution in [1.29, 1.82) is 0 Å². The molecule has 0 saturated carbocycles. The third-order valence-electron chi connectivity index (χ3n) is 3.51. The van der Waals surface area contributed by atoms with Gasteiger partial charge in [0, 0.05) is 5.56 Å². The monoisotopic (exact) mass is 367 g/mol. The third kappa shape index (κ3) is 3.93. The van der Waals surface area contributed by atoms with E-state index in [4.69, 9.17) is 11.6 Å². The summed E-state index contributed by atoms with van der Waals surface area (Å²) < 4.78 is 42.2. The van der Waals surface area contributed by atoms with E-state index >= 15 is 0 Å². The van der Waals surface area contributed by atoms with Crippen LogP contribution in [0.2, 0.25) is 0 Å². The molecular weight excluding hydrogens is 355 g/mol. The molecule has 4 nitrogen and oxygen atoms in total. The maximum absolute atomic E-state index is 12.3. The molecule has 3 aromatic rings. The van der Waals surface area contributed by atoms with Crippen molar-refractivity contribution in [2.45, 2.75) is 19.2 Å². The predicted octanol–water partition coefficient (Wildman–Crippen LogP) is 4.88. The Kier molecular flexibility index (Phi) is 4.67. The van der Waals surface area contributed by atoms with Gasteiger partial charge in [-0.1, -0.05) is 35.0 Å². The van der Waals surface area contributed by atoms with Crippen LogP contribution in [0.15, 0.2) is 48.5 Å². The van der Waals surface area contributed by atoms with Gasteiger partial charge in [0.2, 0.25) is 0 Å². The van der Waals surface area contributed by atoms with E-state index in [-0.39, 0.29) is 11.6 Å². The van der Waals surface area contributed by atoms with Gasteiger partial charge in [0.25, 0.3) is 0 Å². The molecular formula is C17H13ClF3N3O. The van der Waals surface area contributed by atoms with Gasteiger partial charge in [-0.3, -0.25) is 0 Å². The van der Waals surface area contributed by atoms with Crippen molar-refractivity contribution in [3.8, 4) is 22.7 Å². The third-order valence-corrected chi connectivity index (χ3v) is 3.76. The lowest BCUT2D eigenvalue weighted by Gasteiger charge is -2.11. The maximum atomic E-state index is 12.3. The molecule has 0 fully saturated rings. The molecule has 2 aromatic carbocycles. The first-order valence-electron chi connectivity index (χ1n) is 7.31. The van der Waals surface area contributed by atoms with Gasteiger partial charge >= 0.3 is 6.36 Å². The second-order valence-corrected chi connectivity index (χ2v) is 5.61. The van der Waals surface area contributed by atoms with Crippen LogP contribution in [0.3, 0.4) is 0 Å². The van der Waals surface area contributed by atoms with Gasteiger partial charge < -0.3 is 4.74 Å². The van der Waals surface area contributed by atoms with Crippen LogP contribution < -0.4 is 4.74 Å². The van der Waals surface area contributed by atoms with Crippen molar-refractivity contribution >= 4 is 11.6 Å². The summed E-state index contributed by atoms with van der Waals surface area (Å²) in [5.74, 6) is -0.135. The molecule has 8 heteroatoms. The van der Waals surface area contributed by atoms with Crippen LogP contribution in [0.1, 0.15) is 11.3 Å². The van der Waals surface area contributed by atoms with Crippen molar-refractivity contribution in [3.63, 3.8) is 0 Å². The van der Waals surface area contributed by atoms with Crippen LogP contribution >= 0.6 is 11.6 Å². The average molecular weight is 368 g/mol. The molecule has 0 aliphatic rings. The summed E-state index contributed by atoms with van der Waals surface area (Å²) in [5, 5.41) is 8.14. The van der Waals surface area contributed by atoms with Gasteiger partial charge in [-0.2, -0.15) is 0 Å². The number of aromatic nitrogens is 3. The van der Waals surface area contributed by atoms with Crippen molar-refractivity contribution in [3.05, 3.63) is 59.8 Å². The fourth-order valence-corrected chi connectivity index (χ4v) is 2.55. The van der Waals surface area contributed by atoms with Crippen LogP contribution in [0, 0.1) is 6.92 Å². The van der Waals surface area contributed by atoms with Crippen LogP contribution in [0.25, 0.3) is 16.9 Å². The van der Waals surface area contributed by atoms with E-state index in [9.17, 15) is 13.2 Å². The lowest BCUT2D eigenvalue weighted by atomic mass is 10.1. The highest BCUT2D eigenvalue weighted by Gasteiger charge is 2.31. The molecule has 3 rings (SSSR count). The quantitative estimate of drug-likeness (QED) is 0.617. The molecule has 1 aromatic heterocycles. The molecule has 0 spiro atoms. The summed E-state index contributed by atoms with van der Waals surface area (Å²) in [5.41, 5.74) is 3.79. The van der Waals surface area contributed by atoms with E-state index in [0.717, 1.165) is 11.1 Å². The summed E-state index contributed by atoms with van der Waals surface area (Å²) in [4.78, 5) is 0. The van der Waals surface area contributed by atoms with E-state index < -0.39 is 6.36 Å². The zero-order valence-electron chi connectivity index (χ0n) is 13.1. The Morgan fingerprint density at radius 1 is 1.04 bits per heavy atom. The Labute approximate surface area is 146 Å². The first kappa shape index (κ1) is 17.3. The Morgan fingerprint density at radius 3 is 2.24 bits per heavy atom. The second kappa shape index (κ2) is 6.76. The summed E-state index contributed by atoms with van der Waals surface area (Å²) in [7, 11) is 0. The number of benzene rings is 2. The molecule has 0 aliphatic heterocycles. The first-order valence-corrected chi connectivity index (χ1v) is 7.84. The van der Waals surface area contributed by atoms with Crippen LogP contribution in [-0.2, 0) is 5.88 Å². The molecule has 0 atom stereocenters. The molecule has 25 heavy (non-hydrogen) atoms. The zero-order chi connectivity index (χ0) is 18.0. The Hall–Kier alpha value is -2.54. The minimum atomic E-state index is -4.73. The molecule has 130 valence electrons.